The van der Waals surface area contributed by atoms with E-state index >= 15 is 0 Å². The molecule has 1 amide bonds. The molecule has 0 spiro atoms. The first kappa shape index (κ1) is 12.8. The Morgan fingerprint density at radius 1 is 1.40 bits per heavy atom. The Balaban J connectivity index is 1.78. The van der Waals surface area contributed by atoms with Gasteiger partial charge >= 0.3 is 0 Å². The van der Waals surface area contributed by atoms with Crippen molar-refractivity contribution >= 4 is 5.91 Å². The van der Waals surface area contributed by atoms with Gasteiger partial charge in [-0.1, -0.05) is 35.5 Å². The van der Waals surface area contributed by atoms with Gasteiger partial charge < -0.3 is 15.6 Å². The summed E-state index contributed by atoms with van der Waals surface area (Å²) >= 11 is 0. The van der Waals surface area contributed by atoms with Crippen molar-refractivity contribution in [2.24, 2.45) is 5.73 Å². The van der Waals surface area contributed by atoms with Crippen LogP contribution < -0.4 is 11.1 Å². The van der Waals surface area contributed by atoms with Crippen molar-refractivity contribution in [1.29, 1.82) is 0 Å². The minimum absolute atomic E-state index is 0.0706. The monoisotopic (exact) mass is 272 g/mol. The summed E-state index contributed by atoms with van der Waals surface area (Å²) in [5.41, 5.74) is 6.78. The lowest BCUT2D eigenvalue weighted by atomic mass is 9.99. The molecule has 1 atom stereocenters. The Hall–Kier alpha value is -2.21. The van der Waals surface area contributed by atoms with Gasteiger partial charge in [-0.05, 0) is 18.4 Å². The molecule has 1 unspecified atom stereocenters. The molecule has 2 aromatic rings. The zero-order valence-electron chi connectivity index (χ0n) is 11.0. The molecule has 6 heteroatoms. The van der Waals surface area contributed by atoms with Crippen LogP contribution in [-0.4, -0.2) is 28.6 Å². The van der Waals surface area contributed by atoms with E-state index in [0.29, 0.717) is 12.4 Å². The molecule has 3 rings (SSSR count). The largest absolute Gasteiger partial charge is 0.346 e. The van der Waals surface area contributed by atoms with Crippen molar-refractivity contribution in [3.8, 4) is 0 Å². The van der Waals surface area contributed by atoms with Gasteiger partial charge in [0.25, 0.3) is 11.7 Å². The molecule has 20 heavy (non-hydrogen) atoms. The Morgan fingerprint density at radius 2 is 2.15 bits per heavy atom. The predicted octanol–water partition coefficient (Wildman–Crippen LogP) is 1.05. The van der Waals surface area contributed by atoms with Crippen LogP contribution in [-0.2, 0) is 0 Å². The molecule has 1 heterocycles. The summed E-state index contributed by atoms with van der Waals surface area (Å²) in [7, 11) is 0. The summed E-state index contributed by atoms with van der Waals surface area (Å²) in [4.78, 5) is 16.0. The third-order valence-corrected chi connectivity index (χ3v) is 3.29. The van der Waals surface area contributed by atoms with Gasteiger partial charge in [-0.15, -0.1) is 0 Å². The summed E-state index contributed by atoms with van der Waals surface area (Å²) in [5.74, 6) is -0.0292. The summed E-state index contributed by atoms with van der Waals surface area (Å²) in [5, 5.41) is 6.56. The third kappa shape index (κ3) is 2.70. The molecule has 1 aromatic carbocycles. The van der Waals surface area contributed by atoms with Crippen molar-refractivity contribution in [3.05, 3.63) is 47.6 Å². The lowest BCUT2D eigenvalue weighted by Gasteiger charge is -2.09. The minimum atomic E-state index is -0.286. The molecule has 1 aliphatic carbocycles. The van der Waals surface area contributed by atoms with E-state index in [4.69, 9.17) is 10.3 Å². The number of nitrogens with zero attached hydrogens (tertiary/aromatic N) is 2. The number of benzene rings is 1. The molecule has 0 bridgehead atoms. The van der Waals surface area contributed by atoms with Gasteiger partial charge in [-0.2, -0.15) is 4.98 Å². The van der Waals surface area contributed by atoms with Gasteiger partial charge in [-0.25, -0.2) is 0 Å². The maximum atomic E-state index is 11.8. The average Bonchev–Trinajstić information content (AvgIpc) is 3.15. The standard InChI is InChI=1S/C14H16N4O2/c15-8-11(9-4-2-1-3-5-9)14-17-12(18-20-14)13(19)16-10-6-7-10/h1-5,10-11H,6-8,15H2,(H,16,19). The Morgan fingerprint density at radius 3 is 2.80 bits per heavy atom. The van der Waals surface area contributed by atoms with E-state index in [1.165, 1.54) is 0 Å². The van der Waals surface area contributed by atoms with Crippen LogP contribution in [0, 0.1) is 0 Å². The Kier molecular flexibility index (Phi) is 3.47. The van der Waals surface area contributed by atoms with E-state index in [0.717, 1.165) is 18.4 Å². The van der Waals surface area contributed by atoms with E-state index in [-0.39, 0.29) is 23.7 Å². The summed E-state index contributed by atoms with van der Waals surface area (Å²) in [6.45, 7) is 0.343. The van der Waals surface area contributed by atoms with E-state index in [1.54, 1.807) is 0 Å². The first-order valence-electron chi connectivity index (χ1n) is 6.67. The summed E-state index contributed by atoms with van der Waals surface area (Å²) in [6, 6.07) is 9.95. The number of hydrogen-bond donors (Lipinski definition) is 2. The Labute approximate surface area is 116 Å². The second-order valence-corrected chi connectivity index (χ2v) is 4.90. The highest BCUT2D eigenvalue weighted by Gasteiger charge is 2.27. The molecular weight excluding hydrogens is 256 g/mol. The minimum Gasteiger partial charge on any atom is -0.346 e. The van der Waals surface area contributed by atoms with Gasteiger partial charge in [0.05, 0.1) is 5.92 Å². The molecule has 6 nitrogen and oxygen atoms in total. The normalized spacial score (nSPS) is 15.8. The predicted molar refractivity (Wildman–Crippen MR) is 72.1 cm³/mol. The molecule has 3 N–H and O–H groups in total. The van der Waals surface area contributed by atoms with Crippen LogP contribution in [0.25, 0.3) is 0 Å². The lowest BCUT2D eigenvalue weighted by Crippen LogP contribution is -2.26. The fourth-order valence-electron chi connectivity index (χ4n) is 2.01. The molecule has 1 aromatic heterocycles. The zero-order valence-corrected chi connectivity index (χ0v) is 11.0. The highest BCUT2D eigenvalue weighted by atomic mass is 16.5. The molecule has 1 fully saturated rings. The number of carbonyl (C=O) groups excluding carboxylic acids is 1. The fraction of sp³-hybridized carbons (Fsp3) is 0.357. The first-order chi connectivity index (χ1) is 9.78. The highest BCUT2D eigenvalue weighted by Crippen LogP contribution is 2.22. The van der Waals surface area contributed by atoms with Crippen LogP contribution in [0.5, 0.6) is 0 Å². The number of nitrogens with two attached hydrogens (primary N) is 1. The third-order valence-electron chi connectivity index (χ3n) is 3.29. The van der Waals surface area contributed by atoms with Crippen LogP contribution in [0.2, 0.25) is 0 Å². The van der Waals surface area contributed by atoms with E-state index < -0.39 is 0 Å². The van der Waals surface area contributed by atoms with Gasteiger partial charge in [-0.3, -0.25) is 4.79 Å². The zero-order chi connectivity index (χ0) is 13.9. The summed E-state index contributed by atoms with van der Waals surface area (Å²) in [6.07, 6.45) is 2.04. The number of hydrogen-bond acceptors (Lipinski definition) is 5. The van der Waals surface area contributed by atoms with E-state index in [9.17, 15) is 4.79 Å². The topological polar surface area (TPSA) is 94.0 Å². The number of nitrogens with one attached hydrogen (secondary N) is 1. The maximum Gasteiger partial charge on any atom is 0.292 e. The van der Waals surface area contributed by atoms with Crippen LogP contribution in [0.4, 0.5) is 0 Å². The number of amides is 1. The van der Waals surface area contributed by atoms with Crippen molar-refractivity contribution in [1.82, 2.24) is 15.5 Å². The van der Waals surface area contributed by atoms with Crippen molar-refractivity contribution in [3.63, 3.8) is 0 Å². The molecule has 0 saturated heterocycles. The fourth-order valence-corrected chi connectivity index (χ4v) is 2.01. The molecule has 0 radical (unpaired) electrons. The molecule has 0 aliphatic heterocycles. The number of carbonyl (C=O) groups is 1. The maximum absolute atomic E-state index is 11.8. The van der Waals surface area contributed by atoms with Crippen LogP contribution in [0.15, 0.2) is 34.9 Å². The smallest absolute Gasteiger partial charge is 0.292 e. The van der Waals surface area contributed by atoms with Gasteiger partial charge in [0.2, 0.25) is 5.89 Å². The molecule has 1 aliphatic rings. The molecular formula is C14H16N4O2. The average molecular weight is 272 g/mol. The quantitative estimate of drug-likeness (QED) is 0.848. The SMILES string of the molecule is NCC(c1ccccc1)c1nc(C(=O)NC2CC2)no1. The lowest BCUT2D eigenvalue weighted by molar-refractivity contribution is 0.0937. The van der Waals surface area contributed by atoms with Gasteiger partial charge in [0.1, 0.15) is 0 Å². The van der Waals surface area contributed by atoms with Crippen LogP contribution >= 0.6 is 0 Å². The van der Waals surface area contributed by atoms with Crippen molar-refractivity contribution in [2.75, 3.05) is 6.54 Å². The molecule has 1 saturated carbocycles. The van der Waals surface area contributed by atoms with E-state index in [1.807, 2.05) is 30.3 Å². The van der Waals surface area contributed by atoms with Gasteiger partial charge in [0.15, 0.2) is 0 Å². The van der Waals surface area contributed by atoms with Crippen molar-refractivity contribution < 1.29 is 9.32 Å². The van der Waals surface area contributed by atoms with E-state index in [2.05, 4.69) is 15.5 Å². The van der Waals surface area contributed by atoms with Crippen LogP contribution in [0.1, 0.15) is 40.8 Å². The second-order valence-electron chi connectivity index (χ2n) is 4.90. The van der Waals surface area contributed by atoms with Crippen molar-refractivity contribution in [2.45, 2.75) is 24.8 Å². The number of rotatable bonds is 5. The first-order valence-corrected chi connectivity index (χ1v) is 6.67. The number of aromatic nitrogens is 2. The highest BCUT2D eigenvalue weighted by molar-refractivity contribution is 5.90. The molecule has 104 valence electrons. The van der Waals surface area contributed by atoms with Gasteiger partial charge in [0, 0.05) is 12.6 Å². The van der Waals surface area contributed by atoms with Crippen LogP contribution in [0.3, 0.4) is 0 Å². The summed E-state index contributed by atoms with van der Waals surface area (Å²) < 4.78 is 5.19. The Bertz CT molecular complexity index is 592. The second kappa shape index (κ2) is 5.42.